The van der Waals surface area contributed by atoms with E-state index in [0.717, 1.165) is 16.7 Å². The molecule has 0 aliphatic carbocycles. The summed E-state index contributed by atoms with van der Waals surface area (Å²) in [5, 5.41) is 13.5. The van der Waals surface area contributed by atoms with E-state index in [1.807, 2.05) is 32.0 Å². The van der Waals surface area contributed by atoms with Crippen molar-refractivity contribution in [3.8, 4) is 11.3 Å². The predicted octanol–water partition coefficient (Wildman–Crippen LogP) is 2.71. The van der Waals surface area contributed by atoms with Crippen molar-refractivity contribution in [1.29, 1.82) is 0 Å². The summed E-state index contributed by atoms with van der Waals surface area (Å²) < 4.78 is 1.64. The van der Waals surface area contributed by atoms with Crippen LogP contribution in [0.5, 0.6) is 0 Å². The number of rotatable bonds is 2. The van der Waals surface area contributed by atoms with Crippen molar-refractivity contribution in [1.82, 2.24) is 9.78 Å². The van der Waals surface area contributed by atoms with Crippen molar-refractivity contribution in [2.75, 3.05) is 0 Å². The van der Waals surface area contributed by atoms with E-state index in [2.05, 4.69) is 5.10 Å². The maximum atomic E-state index is 11.4. The van der Waals surface area contributed by atoms with Crippen LogP contribution in [0, 0.1) is 20.8 Å². The second kappa shape index (κ2) is 4.29. The molecule has 0 aliphatic rings. The van der Waals surface area contributed by atoms with Gasteiger partial charge < -0.3 is 5.11 Å². The molecule has 0 atom stereocenters. The molecule has 0 unspecified atom stereocenters. The number of carboxylic acid groups (broad SMARTS) is 1. The molecule has 0 radical (unpaired) electrons. The summed E-state index contributed by atoms with van der Waals surface area (Å²) in [5.41, 5.74) is 4.62. The van der Waals surface area contributed by atoms with Gasteiger partial charge in [-0.05, 0) is 26.3 Å². The second-order valence-electron chi connectivity index (χ2n) is 4.56. The fourth-order valence-electron chi connectivity index (χ4n) is 2.30. The van der Waals surface area contributed by atoms with E-state index in [4.69, 9.17) is 0 Å². The molecule has 2 rings (SSSR count). The Hall–Kier alpha value is -2.10. The molecule has 1 heterocycles. The van der Waals surface area contributed by atoms with Crippen molar-refractivity contribution in [2.45, 2.75) is 20.8 Å². The smallest absolute Gasteiger partial charge is 0.339 e. The van der Waals surface area contributed by atoms with Gasteiger partial charge >= 0.3 is 5.97 Å². The Bertz CT molecular complexity index is 627. The minimum absolute atomic E-state index is 0.282. The molecule has 94 valence electrons. The minimum atomic E-state index is -0.935. The number of aryl methyl sites for hydroxylation is 4. The van der Waals surface area contributed by atoms with Gasteiger partial charge in [-0.3, -0.25) is 4.68 Å². The summed E-state index contributed by atoms with van der Waals surface area (Å²) in [6.45, 7) is 5.72. The van der Waals surface area contributed by atoms with Crippen molar-refractivity contribution >= 4 is 5.97 Å². The molecule has 1 aromatic carbocycles. The molecule has 2 aromatic rings. The third-order valence-corrected chi connectivity index (χ3v) is 3.07. The second-order valence-corrected chi connectivity index (χ2v) is 4.56. The number of hydrogen-bond acceptors (Lipinski definition) is 2. The molecule has 0 saturated carbocycles. The quantitative estimate of drug-likeness (QED) is 0.883. The molecule has 18 heavy (non-hydrogen) atoms. The Balaban J connectivity index is 2.74. The predicted molar refractivity (Wildman–Crippen MR) is 69.8 cm³/mol. The van der Waals surface area contributed by atoms with Gasteiger partial charge in [-0.1, -0.05) is 23.8 Å². The van der Waals surface area contributed by atoms with Crippen molar-refractivity contribution < 1.29 is 9.90 Å². The van der Waals surface area contributed by atoms with E-state index in [9.17, 15) is 9.90 Å². The summed E-state index contributed by atoms with van der Waals surface area (Å²) >= 11 is 0. The van der Waals surface area contributed by atoms with Crippen molar-refractivity contribution in [2.24, 2.45) is 7.05 Å². The number of aromatic carboxylic acids is 1. The largest absolute Gasteiger partial charge is 0.478 e. The normalized spacial score (nSPS) is 10.7. The summed E-state index contributed by atoms with van der Waals surface area (Å²) in [5.74, 6) is -0.935. The third-order valence-electron chi connectivity index (χ3n) is 3.07. The van der Waals surface area contributed by atoms with Gasteiger partial charge in [0.25, 0.3) is 0 Å². The topological polar surface area (TPSA) is 55.1 Å². The summed E-state index contributed by atoms with van der Waals surface area (Å²) in [7, 11) is 1.77. The lowest BCUT2D eigenvalue weighted by molar-refractivity contribution is 0.0697. The highest BCUT2D eigenvalue weighted by molar-refractivity contribution is 5.96. The number of hydrogen-bond donors (Lipinski definition) is 1. The van der Waals surface area contributed by atoms with E-state index in [1.165, 1.54) is 0 Å². The molecule has 4 nitrogen and oxygen atoms in total. The summed E-state index contributed by atoms with van der Waals surface area (Å²) in [6.07, 6.45) is 0. The molecule has 0 fully saturated rings. The van der Waals surface area contributed by atoms with Crippen LogP contribution in [0.3, 0.4) is 0 Å². The lowest BCUT2D eigenvalue weighted by atomic mass is 9.99. The van der Waals surface area contributed by atoms with Gasteiger partial charge in [0.05, 0.1) is 11.4 Å². The van der Waals surface area contributed by atoms with Crippen LogP contribution in [0.2, 0.25) is 0 Å². The molecule has 0 bridgehead atoms. The van der Waals surface area contributed by atoms with Crippen LogP contribution in [0.25, 0.3) is 11.3 Å². The number of benzene rings is 1. The minimum Gasteiger partial charge on any atom is -0.478 e. The molecule has 1 aromatic heterocycles. The summed E-state index contributed by atoms with van der Waals surface area (Å²) in [6, 6.07) is 5.98. The van der Waals surface area contributed by atoms with E-state index >= 15 is 0 Å². The first-order chi connectivity index (χ1) is 8.41. The molecule has 0 amide bonds. The van der Waals surface area contributed by atoms with Gasteiger partial charge in [0, 0.05) is 12.6 Å². The molecule has 1 N–H and O–H groups in total. The number of carboxylic acids is 1. The highest BCUT2D eigenvalue weighted by atomic mass is 16.4. The van der Waals surface area contributed by atoms with E-state index in [1.54, 1.807) is 18.7 Å². The molecule has 4 heteroatoms. The monoisotopic (exact) mass is 244 g/mol. The van der Waals surface area contributed by atoms with E-state index in [-0.39, 0.29) is 5.56 Å². The molecule has 0 aliphatic heterocycles. The van der Waals surface area contributed by atoms with Crippen LogP contribution < -0.4 is 0 Å². The van der Waals surface area contributed by atoms with Crippen molar-refractivity contribution in [3.05, 3.63) is 40.6 Å². The van der Waals surface area contributed by atoms with Gasteiger partial charge in [-0.15, -0.1) is 0 Å². The van der Waals surface area contributed by atoms with Gasteiger partial charge in [0.2, 0.25) is 0 Å². The van der Waals surface area contributed by atoms with Crippen LogP contribution in [-0.4, -0.2) is 20.9 Å². The molecule has 0 saturated heterocycles. The standard InChI is InChI=1S/C14H16N2O2/c1-8-5-6-11(9(2)7-8)13-12(14(17)18)10(3)15-16(13)4/h5-7H,1-4H3,(H,17,18). The van der Waals surface area contributed by atoms with E-state index in [0.29, 0.717) is 11.4 Å². The van der Waals surface area contributed by atoms with Gasteiger partial charge in [-0.2, -0.15) is 5.10 Å². The van der Waals surface area contributed by atoms with Crippen LogP contribution in [0.1, 0.15) is 27.2 Å². The summed E-state index contributed by atoms with van der Waals surface area (Å²) in [4.78, 5) is 11.4. The average Bonchev–Trinajstić information content (AvgIpc) is 2.53. The Morgan fingerprint density at radius 3 is 2.50 bits per heavy atom. The Labute approximate surface area is 106 Å². The van der Waals surface area contributed by atoms with Gasteiger partial charge in [0.1, 0.15) is 5.56 Å². The zero-order valence-electron chi connectivity index (χ0n) is 11.0. The third kappa shape index (κ3) is 1.90. The van der Waals surface area contributed by atoms with Crippen LogP contribution in [0.15, 0.2) is 18.2 Å². The lowest BCUT2D eigenvalue weighted by Crippen LogP contribution is -2.02. The Morgan fingerprint density at radius 1 is 1.28 bits per heavy atom. The SMILES string of the molecule is Cc1ccc(-c2c(C(=O)O)c(C)nn2C)c(C)c1. The van der Waals surface area contributed by atoms with Crippen LogP contribution in [-0.2, 0) is 7.05 Å². The maximum absolute atomic E-state index is 11.4. The van der Waals surface area contributed by atoms with Crippen LogP contribution >= 0.6 is 0 Å². The first-order valence-electron chi connectivity index (χ1n) is 5.76. The zero-order valence-corrected chi connectivity index (χ0v) is 11.0. The first kappa shape index (κ1) is 12.4. The lowest BCUT2D eigenvalue weighted by Gasteiger charge is -2.08. The molecular weight excluding hydrogens is 228 g/mol. The highest BCUT2D eigenvalue weighted by Gasteiger charge is 2.21. The van der Waals surface area contributed by atoms with Crippen molar-refractivity contribution in [3.63, 3.8) is 0 Å². The fourth-order valence-corrected chi connectivity index (χ4v) is 2.30. The highest BCUT2D eigenvalue weighted by Crippen LogP contribution is 2.29. The fraction of sp³-hybridized carbons (Fsp3) is 0.286. The molecule has 0 spiro atoms. The van der Waals surface area contributed by atoms with Gasteiger partial charge in [-0.25, -0.2) is 4.79 Å². The van der Waals surface area contributed by atoms with Crippen LogP contribution in [0.4, 0.5) is 0 Å². The Kier molecular flexibility index (Phi) is 2.95. The van der Waals surface area contributed by atoms with Gasteiger partial charge in [0.15, 0.2) is 0 Å². The van der Waals surface area contributed by atoms with E-state index < -0.39 is 5.97 Å². The average molecular weight is 244 g/mol. The first-order valence-corrected chi connectivity index (χ1v) is 5.76. The zero-order chi connectivity index (χ0) is 13.4. The maximum Gasteiger partial charge on any atom is 0.339 e. The Morgan fingerprint density at radius 2 is 1.94 bits per heavy atom. The molecular formula is C14H16N2O2. The number of nitrogens with zero attached hydrogens (tertiary/aromatic N) is 2. The number of aromatic nitrogens is 2. The number of carbonyl (C=O) groups is 1.